The van der Waals surface area contributed by atoms with Gasteiger partial charge in [-0.25, -0.2) is 4.39 Å². The van der Waals surface area contributed by atoms with Gasteiger partial charge < -0.3 is 10.1 Å². The van der Waals surface area contributed by atoms with Gasteiger partial charge in [0.2, 0.25) is 0 Å². The molecule has 2 rings (SSSR count). The van der Waals surface area contributed by atoms with E-state index in [2.05, 4.69) is 12.2 Å². The second-order valence-corrected chi connectivity index (χ2v) is 4.86. The van der Waals surface area contributed by atoms with E-state index in [1.807, 2.05) is 6.07 Å². The molecule has 0 aromatic heterocycles. The summed E-state index contributed by atoms with van der Waals surface area (Å²) in [5.41, 5.74) is 0.974. The Kier molecular flexibility index (Phi) is 4.00. The summed E-state index contributed by atoms with van der Waals surface area (Å²) < 4.78 is 18.4. The highest BCUT2D eigenvalue weighted by Crippen LogP contribution is 2.25. The standard InChI is InChI=1S/C14H20FNO/c1-10-4-3-5-13(10)16-9-11-6-7-14(17-2)12(15)8-11/h6-8,10,13,16H,3-5,9H2,1-2H3. The van der Waals surface area contributed by atoms with E-state index in [1.54, 1.807) is 12.1 Å². The molecule has 1 aromatic carbocycles. The second-order valence-electron chi connectivity index (χ2n) is 4.86. The van der Waals surface area contributed by atoms with Crippen LogP contribution in [0, 0.1) is 11.7 Å². The van der Waals surface area contributed by atoms with Crippen molar-refractivity contribution in [1.82, 2.24) is 5.32 Å². The van der Waals surface area contributed by atoms with Crippen LogP contribution in [0.25, 0.3) is 0 Å². The minimum Gasteiger partial charge on any atom is -0.494 e. The summed E-state index contributed by atoms with van der Waals surface area (Å²) in [5.74, 6) is 0.757. The molecule has 17 heavy (non-hydrogen) atoms. The highest BCUT2D eigenvalue weighted by atomic mass is 19.1. The third-order valence-electron chi connectivity index (χ3n) is 3.65. The Hall–Kier alpha value is -1.09. The highest BCUT2D eigenvalue weighted by Gasteiger charge is 2.22. The molecule has 1 aliphatic rings. The molecule has 1 N–H and O–H groups in total. The Bertz CT molecular complexity index is 380. The van der Waals surface area contributed by atoms with Gasteiger partial charge in [-0.1, -0.05) is 19.4 Å². The molecule has 1 aromatic rings. The van der Waals surface area contributed by atoms with E-state index in [-0.39, 0.29) is 5.82 Å². The molecule has 0 saturated heterocycles. The Morgan fingerprint density at radius 3 is 2.82 bits per heavy atom. The Morgan fingerprint density at radius 1 is 1.41 bits per heavy atom. The van der Waals surface area contributed by atoms with E-state index < -0.39 is 0 Å². The fraction of sp³-hybridized carbons (Fsp3) is 0.571. The van der Waals surface area contributed by atoms with Crippen molar-refractivity contribution in [3.05, 3.63) is 29.6 Å². The molecule has 0 heterocycles. The monoisotopic (exact) mass is 237 g/mol. The first-order valence-corrected chi connectivity index (χ1v) is 6.26. The van der Waals surface area contributed by atoms with E-state index in [0.29, 0.717) is 11.8 Å². The lowest BCUT2D eigenvalue weighted by atomic mass is 10.1. The van der Waals surface area contributed by atoms with Crippen LogP contribution in [-0.4, -0.2) is 13.2 Å². The summed E-state index contributed by atoms with van der Waals surface area (Å²) in [5, 5.41) is 3.50. The van der Waals surface area contributed by atoms with E-state index in [0.717, 1.165) is 18.0 Å². The van der Waals surface area contributed by atoms with Gasteiger partial charge in [-0.3, -0.25) is 0 Å². The first kappa shape index (κ1) is 12.4. The van der Waals surface area contributed by atoms with Crippen LogP contribution in [0.3, 0.4) is 0 Å². The Morgan fingerprint density at radius 2 is 2.24 bits per heavy atom. The third kappa shape index (κ3) is 2.97. The molecule has 0 spiro atoms. The lowest BCUT2D eigenvalue weighted by molar-refractivity contribution is 0.385. The molecule has 94 valence electrons. The quantitative estimate of drug-likeness (QED) is 0.868. The molecule has 3 heteroatoms. The predicted octanol–water partition coefficient (Wildman–Crippen LogP) is 3.11. The van der Waals surface area contributed by atoms with Gasteiger partial charge in [0, 0.05) is 12.6 Å². The molecular weight excluding hydrogens is 217 g/mol. The number of rotatable bonds is 4. The maximum atomic E-state index is 13.5. The van der Waals surface area contributed by atoms with Crippen molar-refractivity contribution in [2.24, 2.45) is 5.92 Å². The van der Waals surface area contributed by atoms with Crippen molar-refractivity contribution in [1.29, 1.82) is 0 Å². The van der Waals surface area contributed by atoms with Crippen LogP contribution >= 0.6 is 0 Å². The molecule has 0 aliphatic heterocycles. The molecule has 2 atom stereocenters. The van der Waals surface area contributed by atoms with Crippen LogP contribution in [0.5, 0.6) is 5.75 Å². The molecule has 1 aliphatic carbocycles. The highest BCUT2D eigenvalue weighted by molar-refractivity contribution is 5.29. The van der Waals surface area contributed by atoms with Gasteiger partial charge in [0.1, 0.15) is 0 Å². The number of hydrogen-bond acceptors (Lipinski definition) is 2. The van der Waals surface area contributed by atoms with E-state index in [4.69, 9.17) is 4.74 Å². The Labute approximate surface area is 102 Å². The third-order valence-corrected chi connectivity index (χ3v) is 3.65. The molecule has 2 nitrogen and oxygen atoms in total. The predicted molar refractivity (Wildman–Crippen MR) is 66.6 cm³/mol. The van der Waals surface area contributed by atoms with Crippen molar-refractivity contribution in [3.63, 3.8) is 0 Å². The van der Waals surface area contributed by atoms with Crippen LogP contribution in [0.15, 0.2) is 18.2 Å². The summed E-state index contributed by atoms with van der Waals surface area (Å²) in [6.45, 7) is 3.01. The molecule has 0 bridgehead atoms. The fourth-order valence-corrected chi connectivity index (χ4v) is 2.52. The first-order chi connectivity index (χ1) is 8.20. The number of halogens is 1. The zero-order valence-electron chi connectivity index (χ0n) is 10.5. The molecule has 0 radical (unpaired) electrons. The number of ether oxygens (including phenoxy) is 1. The molecule has 1 saturated carbocycles. The van der Waals surface area contributed by atoms with Gasteiger partial charge in [0.15, 0.2) is 11.6 Å². The normalized spacial score (nSPS) is 23.9. The number of benzene rings is 1. The van der Waals surface area contributed by atoms with Crippen molar-refractivity contribution < 1.29 is 9.13 Å². The second kappa shape index (κ2) is 5.50. The molecule has 0 amide bonds. The minimum absolute atomic E-state index is 0.286. The van der Waals surface area contributed by atoms with Gasteiger partial charge in [-0.05, 0) is 36.5 Å². The Balaban J connectivity index is 1.92. The summed E-state index contributed by atoms with van der Waals surface area (Å²) >= 11 is 0. The number of methoxy groups -OCH3 is 1. The maximum absolute atomic E-state index is 13.5. The zero-order chi connectivity index (χ0) is 12.3. The lowest BCUT2D eigenvalue weighted by Crippen LogP contribution is -2.30. The van der Waals surface area contributed by atoms with Crippen molar-refractivity contribution in [3.8, 4) is 5.75 Å². The summed E-state index contributed by atoms with van der Waals surface area (Å²) in [6, 6.07) is 5.73. The van der Waals surface area contributed by atoms with Crippen LogP contribution in [0.1, 0.15) is 31.7 Å². The van der Waals surface area contributed by atoms with Crippen molar-refractivity contribution in [2.75, 3.05) is 7.11 Å². The molecular formula is C14H20FNO. The molecule has 2 unspecified atom stereocenters. The fourth-order valence-electron chi connectivity index (χ4n) is 2.52. The smallest absolute Gasteiger partial charge is 0.165 e. The van der Waals surface area contributed by atoms with E-state index in [1.165, 1.54) is 26.4 Å². The summed E-state index contributed by atoms with van der Waals surface area (Å²) in [6.07, 6.45) is 3.84. The minimum atomic E-state index is -0.286. The maximum Gasteiger partial charge on any atom is 0.165 e. The zero-order valence-corrected chi connectivity index (χ0v) is 10.5. The van der Waals surface area contributed by atoms with Gasteiger partial charge >= 0.3 is 0 Å². The van der Waals surface area contributed by atoms with Gasteiger partial charge in [0.25, 0.3) is 0 Å². The van der Waals surface area contributed by atoms with Crippen molar-refractivity contribution >= 4 is 0 Å². The van der Waals surface area contributed by atoms with Crippen molar-refractivity contribution in [2.45, 2.75) is 38.8 Å². The summed E-state index contributed by atoms with van der Waals surface area (Å²) in [4.78, 5) is 0. The van der Waals surface area contributed by atoms with Gasteiger partial charge in [0.05, 0.1) is 7.11 Å². The van der Waals surface area contributed by atoms with Crippen LogP contribution in [0.2, 0.25) is 0 Å². The van der Waals surface area contributed by atoms with E-state index in [9.17, 15) is 4.39 Å². The largest absolute Gasteiger partial charge is 0.494 e. The first-order valence-electron chi connectivity index (χ1n) is 6.26. The SMILES string of the molecule is COc1ccc(CNC2CCCC2C)cc1F. The molecule has 1 fully saturated rings. The lowest BCUT2D eigenvalue weighted by Gasteiger charge is -2.17. The number of hydrogen-bond donors (Lipinski definition) is 1. The van der Waals surface area contributed by atoms with E-state index >= 15 is 0 Å². The van der Waals surface area contributed by atoms with Gasteiger partial charge in [-0.15, -0.1) is 0 Å². The van der Waals surface area contributed by atoms with Crippen LogP contribution in [-0.2, 0) is 6.54 Å². The summed E-state index contributed by atoms with van der Waals surface area (Å²) in [7, 11) is 1.48. The number of nitrogens with one attached hydrogen (secondary N) is 1. The average Bonchev–Trinajstić information content (AvgIpc) is 2.72. The van der Waals surface area contributed by atoms with Gasteiger partial charge in [-0.2, -0.15) is 0 Å². The van der Waals surface area contributed by atoms with Crippen LogP contribution < -0.4 is 10.1 Å². The van der Waals surface area contributed by atoms with Crippen LogP contribution in [0.4, 0.5) is 4.39 Å². The topological polar surface area (TPSA) is 21.3 Å². The average molecular weight is 237 g/mol.